The van der Waals surface area contributed by atoms with Crippen molar-refractivity contribution < 1.29 is 9.90 Å². The van der Waals surface area contributed by atoms with Crippen molar-refractivity contribution >= 4 is 5.78 Å². The Morgan fingerprint density at radius 3 is 2.93 bits per heavy atom. The molecule has 1 fully saturated rings. The van der Waals surface area contributed by atoms with Crippen LogP contribution >= 0.6 is 0 Å². The Bertz CT molecular complexity index is 337. The minimum absolute atomic E-state index is 0.180. The summed E-state index contributed by atoms with van der Waals surface area (Å²) in [7, 11) is 0. The molecule has 1 aromatic heterocycles. The smallest absolute Gasteiger partial charge is 0.138 e. The third-order valence-electron chi connectivity index (χ3n) is 2.97. The van der Waals surface area contributed by atoms with Crippen molar-refractivity contribution in [3.63, 3.8) is 0 Å². The number of carbonyl (C=O) groups excluding carboxylic acids is 1. The molecule has 0 aliphatic heterocycles. The van der Waals surface area contributed by atoms with Crippen molar-refractivity contribution in [2.24, 2.45) is 5.92 Å². The van der Waals surface area contributed by atoms with Crippen LogP contribution in [0.2, 0.25) is 0 Å². The van der Waals surface area contributed by atoms with E-state index in [1.165, 1.54) is 0 Å². The van der Waals surface area contributed by atoms with Gasteiger partial charge in [0.25, 0.3) is 0 Å². The fourth-order valence-corrected chi connectivity index (χ4v) is 2.10. The summed E-state index contributed by atoms with van der Waals surface area (Å²) in [6, 6.07) is 5.41. The van der Waals surface area contributed by atoms with Gasteiger partial charge in [0.1, 0.15) is 11.9 Å². The van der Waals surface area contributed by atoms with E-state index in [2.05, 4.69) is 4.98 Å². The average molecular weight is 205 g/mol. The van der Waals surface area contributed by atoms with Crippen molar-refractivity contribution in [2.75, 3.05) is 0 Å². The number of hydrogen-bond acceptors (Lipinski definition) is 3. The van der Waals surface area contributed by atoms with Gasteiger partial charge in [-0.05, 0) is 25.0 Å². The number of ketones is 1. The van der Waals surface area contributed by atoms with Gasteiger partial charge in [-0.3, -0.25) is 9.78 Å². The molecule has 0 spiro atoms. The first-order valence-electron chi connectivity index (χ1n) is 5.41. The van der Waals surface area contributed by atoms with Gasteiger partial charge in [0.2, 0.25) is 0 Å². The minimum atomic E-state index is -0.723. The topological polar surface area (TPSA) is 50.2 Å². The lowest BCUT2D eigenvalue weighted by atomic mass is 9.83. The third kappa shape index (κ3) is 2.23. The van der Waals surface area contributed by atoms with Crippen LogP contribution in [-0.2, 0) is 4.79 Å². The molecule has 1 aliphatic rings. The molecule has 0 amide bonds. The van der Waals surface area contributed by atoms with Crippen LogP contribution in [0.1, 0.15) is 37.5 Å². The number of hydrogen-bond donors (Lipinski definition) is 1. The zero-order valence-corrected chi connectivity index (χ0v) is 8.60. The number of aliphatic hydroxyl groups excluding tert-OH is 1. The standard InChI is InChI=1S/C12H15NO2/c14-11-7-2-1-5-9(11)12(15)10-6-3-4-8-13-10/h3-4,6,8-9,12,15H,1-2,5,7H2/t9-,12+/m0/s1. The van der Waals surface area contributed by atoms with Crippen LogP contribution in [0.25, 0.3) is 0 Å². The van der Waals surface area contributed by atoms with Crippen LogP contribution in [0.4, 0.5) is 0 Å². The summed E-state index contributed by atoms with van der Waals surface area (Å²) in [5.41, 5.74) is 0.609. The molecule has 1 saturated carbocycles. The summed E-state index contributed by atoms with van der Waals surface area (Å²) in [4.78, 5) is 15.7. The van der Waals surface area contributed by atoms with Gasteiger partial charge >= 0.3 is 0 Å². The predicted molar refractivity (Wildman–Crippen MR) is 56.2 cm³/mol. The fourth-order valence-electron chi connectivity index (χ4n) is 2.10. The maximum atomic E-state index is 11.6. The van der Waals surface area contributed by atoms with Crippen LogP contribution in [-0.4, -0.2) is 15.9 Å². The molecule has 1 N–H and O–H groups in total. The lowest BCUT2D eigenvalue weighted by Gasteiger charge is -2.24. The van der Waals surface area contributed by atoms with E-state index in [-0.39, 0.29) is 11.7 Å². The van der Waals surface area contributed by atoms with E-state index in [1.807, 2.05) is 6.07 Å². The number of aromatic nitrogens is 1. The predicted octanol–water partition coefficient (Wildman–Crippen LogP) is 1.87. The van der Waals surface area contributed by atoms with Crippen LogP contribution in [0.15, 0.2) is 24.4 Å². The lowest BCUT2D eigenvalue weighted by molar-refractivity contribution is -0.128. The molecule has 0 bridgehead atoms. The van der Waals surface area contributed by atoms with Gasteiger partial charge in [-0.1, -0.05) is 12.5 Å². The maximum absolute atomic E-state index is 11.6. The second-order valence-corrected chi connectivity index (χ2v) is 4.02. The quantitative estimate of drug-likeness (QED) is 0.802. The van der Waals surface area contributed by atoms with E-state index < -0.39 is 6.10 Å². The molecule has 0 radical (unpaired) electrons. The lowest BCUT2D eigenvalue weighted by Crippen LogP contribution is -2.26. The van der Waals surface area contributed by atoms with Gasteiger partial charge in [0.15, 0.2) is 0 Å². The first-order chi connectivity index (χ1) is 7.29. The van der Waals surface area contributed by atoms with E-state index in [0.717, 1.165) is 19.3 Å². The Labute approximate surface area is 89.2 Å². The van der Waals surface area contributed by atoms with Crippen molar-refractivity contribution in [2.45, 2.75) is 31.8 Å². The summed E-state index contributed by atoms with van der Waals surface area (Å²) in [5.74, 6) is -0.0620. The highest BCUT2D eigenvalue weighted by molar-refractivity contribution is 5.82. The molecular weight excluding hydrogens is 190 g/mol. The largest absolute Gasteiger partial charge is 0.386 e. The zero-order valence-electron chi connectivity index (χ0n) is 8.60. The minimum Gasteiger partial charge on any atom is -0.386 e. The maximum Gasteiger partial charge on any atom is 0.138 e. The number of Topliss-reactive ketones (excluding diaryl/α,β-unsaturated/α-hetero) is 1. The normalized spacial score (nSPS) is 23.8. The first kappa shape index (κ1) is 10.3. The summed E-state index contributed by atoms with van der Waals surface area (Å²) >= 11 is 0. The third-order valence-corrected chi connectivity index (χ3v) is 2.97. The molecule has 1 heterocycles. The highest BCUT2D eigenvalue weighted by atomic mass is 16.3. The van der Waals surface area contributed by atoms with Gasteiger partial charge in [-0.2, -0.15) is 0 Å². The number of nitrogens with zero attached hydrogens (tertiary/aromatic N) is 1. The molecule has 0 unspecified atom stereocenters. The van der Waals surface area contributed by atoms with Crippen molar-refractivity contribution in [1.82, 2.24) is 4.98 Å². The molecule has 1 aromatic rings. The highest BCUT2D eigenvalue weighted by Crippen LogP contribution is 2.30. The van der Waals surface area contributed by atoms with Gasteiger partial charge < -0.3 is 5.11 Å². The fraction of sp³-hybridized carbons (Fsp3) is 0.500. The van der Waals surface area contributed by atoms with Crippen LogP contribution in [0.3, 0.4) is 0 Å². The summed E-state index contributed by atoms with van der Waals surface area (Å²) in [6.45, 7) is 0. The Morgan fingerprint density at radius 2 is 2.27 bits per heavy atom. The number of rotatable bonds is 2. The van der Waals surface area contributed by atoms with Gasteiger partial charge in [0.05, 0.1) is 5.69 Å². The van der Waals surface area contributed by atoms with E-state index in [9.17, 15) is 9.90 Å². The van der Waals surface area contributed by atoms with Gasteiger partial charge in [0, 0.05) is 18.5 Å². The SMILES string of the molecule is O=C1CCCC[C@@H]1[C@@H](O)c1ccccn1. The molecular formula is C12H15NO2. The molecule has 2 rings (SSSR count). The Kier molecular flexibility index (Phi) is 3.11. The molecule has 3 heteroatoms. The molecule has 0 aromatic carbocycles. The van der Waals surface area contributed by atoms with Gasteiger partial charge in [-0.15, -0.1) is 0 Å². The molecule has 1 aliphatic carbocycles. The Balaban J connectivity index is 2.13. The van der Waals surface area contributed by atoms with Crippen LogP contribution in [0.5, 0.6) is 0 Å². The monoisotopic (exact) mass is 205 g/mol. The number of carbonyl (C=O) groups is 1. The van der Waals surface area contributed by atoms with E-state index in [4.69, 9.17) is 0 Å². The van der Waals surface area contributed by atoms with E-state index in [1.54, 1.807) is 18.3 Å². The van der Waals surface area contributed by atoms with E-state index >= 15 is 0 Å². The number of pyridine rings is 1. The summed E-state index contributed by atoms with van der Waals surface area (Å²) in [5, 5.41) is 10.0. The average Bonchev–Trinajstić information content (AvgIpc) is 2.30. The molecule has 3 nitrogen and oxygen atoms in total. The summed E-state index contributed by atoms with van der Waals surface area (Å²) < 4.78 is 0. The molecule has 80 valence electrons. The zero-order chi connectivity index (χ0) is 10.7. The van der Waals surface area contributed by atoms with Crippen molar-refractivity contribution in [3.8, 4) is 0 Å². The highest BCUT2D eigenvalue weighted by Gasteiger charge is 2.30. The molecule has 15 heavy (non-hydrogen) atoms. The molecule has 2 atom stereocenters. The second-order valence-electron chi connectivity index (χ2n) is 4.02. The van der Waals surface area contributed by atoms with Crippen molar-refractivity contribution in [1.29, 1.82) is 0 Å². The van der Waals surface area contributed by atoms with Crippen LogP contribution < -0.4 is 0 Å². The summed E-state index contributed by atoms with van der Waals surface area (Å²) in [6.07, 6.45) is 4.31. The second kappa shape index (κ2) is 4.53. The first-order valence-corrected chi connectivity index (χ1v) is 5.41. The van der Waals surface area contributed by atoms with Gasteiger partial charge in [-0.25, -0.2) is 0 Å². The van der Waals surface area contributed by atoms with E-state index in [0.29, 0.717) is 12.1 Å². The van der Waals surface area contributed by atoms with Crippen molar-refractivity contribution in [3.05, 3.63) is 30.1 Å². The molecule has 0 saturated heterocycles. The Hall–Kier alpha value is -1.22. The Morgan fingerprint density at radius 1 is 1.40 bits per heavy atom. The van der Waals surface area contributed by atoms with Crippen LogP contribution in [0, 0.1) is 5.92 Å². The number of aliphatic hydroxyl groups is 1.